The maximum absolute atomic E-state index is 12.6. The van der Waals surface area contributed by atoms with Gasteiger partial charge in [0.1, 0.15) is 0 Å². The van der Waals surface area contributed by atoms with Crippen LogP contribution in [0.4, 0.5) is 0 Å². The lowest BCUT2D eigenvalue weighted by atomic mass is 10.0. The van der Waals surface area contributed by atoms with Crippen LogP contribution < -0.4 is 0 Å². The van der Waals surface area contributed by atoms with Crippen LogP contribution in [0.15, 0.2) is 24.5 Å². The summed E-state index contributed by atoms with van der Waals surface area (Å²) in [5.74, 6) is -1.19. The molecule has 1 saturated heterocycles. The number of rotatable bonds is 4. The Hall–Kier alpha value is -2.21. The Labute approximate surface area is 123 Å². The molecule has 2 heterocycles. The Bertz CT molecular complexity index is 550. The zero-order chi connectivity index (χ0) is 15.2. The quantitative estimate of drug-likeness (QED) is 0.849. The first-order valence-electron chi connectivity index (χ1n) is 6.79. The van der Waals surface area contributed by atoms with E-state index < -0.39 is 5.97 Å². The molecule has 6 nitrogen and oxygen atoms in total. The zero-order valence-corrected chi connectivity index (χ0v) is 11.9. The summed E-state index contributed by atoms with van der Waals surface area (Å²) in [5.41, 5.74) is 0.959. The van der Waals surface area contributed by atoms with Crippen molar-refractivity contribution in [3.05, 3.63) is 35.7 Å². The number of carboxylic acid groups (broad SMARTS) is 1. The van der Waals surface area contributed by atoms with Crippen LogP contribution in [0.25, 0.3) is 6.08 Å². The predicted octanol–water partition coefficient (Wildman–Crippen LogP) is 1.43. The topological polar surface area (TPSA) is 79.7 Å². The number of aromatic nitrogens is 1. The number of aliphatic carboxylic acids is 1. The average Bonchev–Trinajstić information content (AvgIpc) is 2.52. The fraction of sp³-hybridized carbons (Fsp3) is 0.400. The molecule has 1 aliphatic rings. The highest BCUT2D eigenvalue weighted by Crippen LogP contribution is 2.18. The van der Waals surface area contributed by atoms with Gasteiger partial charge in [0.2, 0.25) is 0 Å². The molecule has 0 saturated carbocycles. The van der Waals surface area contributed by atoms with Crippen LogP contribution >= 0.6 is 0 Å². The van der Waals surface area contributed by atoms with Gasteiger partial charge in [-0.25, -0.2) is 4.79 Å². The zero-order valence-electron chi connectivity index (χ0n) is 11.9. The highest BCUT2D eigenvalue weighted by Gasteiger charge is 2.24. The van der Waals surface area contributed by atoms with Crippen molar-refractivity contribution in [2.24, 2.45) is 0 Å². The minimum absolute atomic E-state index is 0.130. The van der Waals surface area contributed by atoms with E-state index in [0.29, 0.717) is 24.3 Å². The Morgan fingerprint density at radius 2 is 2.14 bits per heavy atom. The van der Waals surface area contributed by atoms with Gasteiger partial charge in [-0.05, 0) is 25.0 Å². The summed E-state index contributed by atoms with van der Waals surface area (Å²) in [6.45, 7) is 1.31. The molecule has 112 valence electrons. The van der Waals surface area contributed by atoms with Gasteiger partial charge in [-0.15, -0.1) is 0 Å². The van der Waals surface area contributed by atoms with Gasteiger partial charge in [-0.3, -0.25) is 9.78 Å². The van der Waals surface area contributed by atoms with Gasteiger partial charge >= 0.3 is 5.97 Å². The molecule has 2 rings (SSSR count). The van der Waals surface area contributed by atoms with E-state index in [4.69, 9.17) is 9.84 Å². The second-order valence-electron chi connectivity index (χ2n) is 4.89. The molecule has 0 radical (unpaired) electrons. The third-order valence-corrected chi connectivity index (χ3v) is 3.55. The number of nitrogens with zero attached hydrogens (tertiary/aromatic N) is 2. The summed E-state index contributed by atoms with van der Waals surface area (Å²) < 4.78 is 5.30. The second-order valence-corrected chi connectivity index (χ2v) is 4.89. The molecule has 1 fully saturated rings. The Morgan fingerprint density at radius 1 is 1.43 bits per heavy atom. The first-order chi connectivity index (χ1) is 10.1. The normalized spacial score (nSPS) is 16.0. The third kappa shape index (κ3) is 3.88. The lowest BCUT2D eigenvalue weighted by Gasteiger charge is -2.31. The number of hydrogen-bond donors (Lipinski definition) is 1. The second kappa shape index (κ2) is 6.99. The van der Waals surface area contributed by atoms with Crippen LogP contribution in [0.2, 0.25) is 0 Å². The van der Waals surface area contributed by atoms with Crippen LogP contribution in [0.5, 0.6) is 0 Å². The van der Waals surface area contributed by atoms with Crippen LogP contribution in [0, 0.1) is 0 Å². The molecular formula is C15H18N2O4. The fourth-order valence-corrected chi connectivity index (χ4v) is 2.32. The summed E-state index contributed by atoms with van der Waals surface area (Å²) in [7, 11) is 1.77. The van der Waals surface area contributed by atoms with E-state index in [9.17, 15) is 9.59 Å². The number of carboxylic acids is 1. The molecule has 0 aromatic carbocycles. The molecule has 0 atom stereocenters. The van der Waals surface area contributed by atoms with Crippen LogP contribution in [-0.4, -0.2) is 53.2 Å². The lowest BCUT2D eigenvalue weighted by molar-refractivity contribution is -0.131. The molecule has 1 aromatic rings. The van der Waals surface area contributed by atoms with E-state index >= 15 is 0 Å². The van der Waals surface area contributed by atoms with Crippen molar-refractivity contribution >= 4 is 18.0 Å². The van der Waals surface area contributed by atoms with Gasteiger partial charge in [0, 0.05) is 55.9 Å². The maximum Gasteiger partial charge on any atom is 0.328 e. The van der Waals surface area contributed by atoms with Gasteiger partial charge in [0.25, 0.3) is 5.91 Å². The minimum Gasteiger partial charge on any atom is -0.478 e. The molecule has 0 aliphatic carbocycles. The standard InChI is InChI=1S/C15H18N2O4/c1-17(12-5-8-21-9-6-12)15(20)13-4-7-16-10-11(13)2-3-14(18)19/h2-4,7,10,12H,5-6,8-9H2,1H3,(H,18,19). The van der Waals surface area contributed by atoms with Crippen molar-refractivity contribution < 1.29 is 19.4 Å². The highest BCUT2D eigenvalue weighted by molar-refractivity contribution is 5.98. The molecule has 1 amide bonds. The molecule has 0 unspecified atom stereocenters. The average molecular weight is 290 g/mol. The smallest absolute Gasteiger partial charge is 0.328 e. The van der Waals surface area contributed by atoms with Gasteiger partial charge in [0.15, 0.2) is 0 Å². The number of ether oxygens (including phenoxy) is 1. The van der Waals surface area contributed by atoms with Crippen LogP contribution in [0.3, 0.4) is 0 Å². The molecule has 1 aliphatic heterocycles. The van der Waals surface area contributed by atoms with Gasteiger partial charge in [0.05, 0.1) is 0 Å². The maximum atomic E-state index is 12.6. The van der Waals surface area contributed by atoms with Crippen LogP contribution in [0.1, 0.15) is 28.8 Å². The molecule has 1 aromatic heterocycles. The Balaban J connectivity index is 2.20. The van der Waals surface area contributed by atoms with Crippen molar-refractivity contribution in [2.45, 2.75) is 18.9 Å². The van der Waals surface area contributed by atoms with E-state index in [-0.39, 0.29) is 11.9 Å². The van der Waals surface area contributed by atoms with Crippen molar-refractivity contribution in [2.75, 3.05) is 20.3 Å². The molecule has 0 spiro atoms. The number of pyridine rings is 1. The summed E-state index contributed by atoms with van der Waals surface area (Å²) in [6, 6.07) is 1.76. The van der Waals surface area contributed by atoms with Crippen molar-refractivity contribution in [3.8, 4) is 0 Å². The summed E-state index contributed by atoms with van der Waals surface area (Å²) in [4.78, 5) is 28.9. The monoisotopic (exact) mass is 290 g/mol. The van der Waals surface area contributed by atoms with Crippen molar-refractivity contribution in [3.63, 3.8) is 0 Å². The van der Waals surface area contributed by atoms with Gasteiger partial charge < -0.3 is 14.7 Å². The molecule has 21 heavy (non-hydrogen) atoms. The third-order valence-electron chi connectivity index (χ3n) is 3.55. The first kappa shape index (κ1) is 15.2. The van der Waals surface area contributed by atoms with E-state index in [2.05, 4.69) is 4.98 Å². The van der Waals surface area contributed by atoms with E-state index in [1.807, 2.05) is 0 Å². The van der Waals surface area contributed by atoms with E-state index in [1.165, 1.54) is 18.5 Å². The lowest BCUT2D eigenvalue weighted by Crippen LogP contribution is -2.40. The number of amides is 1. The fourth-order valence-electron chi connectivity index (χ4n) is 2.32. The van der Waals surface area contributed by atoms with Crippen molar-refractivity contribution in [1.29, 1.82) is 0 Å². The highest BCUT2D eigenvalue weighted by atomic mass is 16.5. The largest absolute Gasteiger partial charge is 0.478 e. The SMILES string of the molecule is CN(C(=O)c1ccncc1C=CC(=O)O)C1CCOCC1. The van der Waals surface area contributed by atoms with Crippen LogP contribution in [-0.2, 0) is 9.53 Å². The van der Waals surface area contributed by atoms with E-state index in [0.717, 1.165) is 18.9 Å². The first-order valence-corrected chi connectivity index (χ1v) is 6.79. The summed E-state index contributed by atoms with van der Waals surface area (Å²) in [6.07, 6.45) is 7.04. The number of carbonyl (C=O) groups is 2. The molecule has 1 N–H and O–H groups in total. The Kier molecular flexibility index (Phi) is 5.05. The van der Waals surface area contributed by atoms with Crippen molar-refractivity contribution in [1.82, 2.24) is 9.88 Å². The van der Waals surface area contributed by atoms with Gasteiger partial charge in [-0.1, -0.05) is 0 Å². The number of carbonyl (C=O) groups excluding carboxylic acids is 1. The Morgan fingerprint density at radius 3 is 2.81 bits per heavy atom. The van der Waals surface area contributed by atoms with Gasteiger partial charge in [-0.2, -0.15) is 0 Å². The van der Waals surface area contributed by atoms with E-state index in [1.54, 1.807) is 18.0 Å². The number of hydrogen-bond acceptors (Lipinski definition) is 4. The predicted molar refractivity (Wildman–Crippen MR) is 76.8 cm³/mol. The molecular weight excluding hydrogens is 272 g/mol. The minimum atomic E-state index is -1.06. The molecule has 6 heteroatoms. The summed E-state index contributed by atoms with van der Waals surface area (Å²) in [5, 5.41) is 8.70. The molecule has 0 bridgehead atoms. The summed E-state index contributed by atoms with van der Waals surface area (Å²) >= 11 is 0.